The van der Waals surface area contributed by atoms with Gasteiger partial charge in [0.2, 0.25) is 5.91 Å². The molecule has 0 saturated heterocycles. The average Bonchev–Trinajstić information content (AvgIpc) is 2.27. The molecule has 0 aromatic rings. The van der Waals surface area contributed by atoms with Gasteiger partial charge in [-0.3, -0.25) is 4.79 Å². The Morgan fingerprint density at radius 2 is 1.72 bits per heavy atom. The number of hydrogen-bond donors (Lipinski definition) is 1. The predicted molar refractivity (Wildman–Crippen MR) is 77.3 cm³/mol. The molecule has 1 aliphatic carbocycles. The van der Waals surface area contributed by atoms with Crippen LogP contribution in [0.2, 0.25) is 0 Å². The smallest absolute Gasteiger partial charge is 0.246 e. The lowest BCUT2D eigenvalue weighted by Crippen LogP contribution is -2.40. The van der Waals surface area contributed by atoms with Crippen LogP contribution in [0.3, 0.4) is 0 Å². The van der Waals surface area contributed by atoms with Crippen LogP contribution in [0.1, 0.15) is 60.3 Å². The summed E-state index contributed by atoms with van der Waals surface area (Å²) < 4.78 is 0. The average molecular weight is 251 g/mol. The molecule has 1 atom stereocenters. The minimum atomic E-state index is 0.000412. The Morgan fingerprint density at radius 1 is 1.22 bits per heavy atom. The fourth-order valence-corrected chi connectivity index (χ4v) is 2.93. The van der Waals surface area contributed by atoms with E-state index in [0.29, 0.717) is 16.9 Å². The van der Waals surface area contributed by atoms with Gasteiger partial charge in [0.1, 0.15) is 0 Å². The highest BCUT2D eigenvalue weighted by atomic mass is 16.1. The van der Waals surface area contributed by atoms with Crippen LogP contribution in [-0.4, -0.2) is 11.9 Å². The molecule has 0 spiro atoms. The van der Waals surface area contributed by atoms with Gasteiger partial charge in [0.05, 0.1) is 0 Å². The van der Waals surface area contributed by atoms with E-state index in [2.05, 4.69) is 39.6 Å². The lowest BCUT2D eigenvalue weighted by molar-refractivity contribution is -0.118. The Bertz CT molecular complexity index is 306. The van der Waals surface area contributed by atoms with E-state index >= 15 is 0 Å². The lowest BCUT2D eigenvalue weighted by Gasteiger charge is -2.38. The zero-order chi connectivity index (χ0) is 13.9. The summed E-state index contributed by atoms with van der Waals surface area (Å²) in [6.07, 6.45) is 5.06. The van der Waals surface area contributed by atoms with Crippen molar-refractivity contribution in [1.29, 1.82) is 0 Å². The van der Waals surface area contributed by atoms with E-state index in [4.69, 9.17) is 0 Å². The highest BCUT2D eigenvalue weighted by molar-refractivity contribution is 5.92. The first-order valence-electron chi connectivity index (χ1n) is 7.18. The van der Waals surface area contributed by atoms with Crippen LogP contribution >= 0.6 is 0 Å². The Balaban J connectivity index is 2.43. The molecule has 0 aromatic carbocycles. The summed E-state index contributed by atoms with van der Waals surface area (Å²) in [6.45, 7) is 14.6. The summed E-state index contributed by atoms with van der Waals surface area (Å²) in [5.74, 6) is 1.46. The van der Waals surface area contributed by atoms with Gasteiger partial charge in [0, 0.05) is 11.6 Å². The van der Waals surface area contributed by atoms with E-state index in [-0.39, 0.29) is 11.9 Å². The number of nitrogens with one attached hydrogen (secondary N) is 1. The molecule has 0 aliphatic heterocycles. The Kier molecular flexibility index (Phi) is 5.01. The highest BCUT2D eigenvalue weighted by Crippen LogP contribution is 2.40. The monoisotopic (exact) mass is 251 g/mol. The molecule has 1 amide bonds. The minimum absolute atomic E-state index is 0.000412. The number of rotatable bonds is 3. The summed E-state index contributed by atoms with van der Waals surface area (Å²) in [6, 6.07) is 0.273. The van der Waals surface area contributed by atoms with E-state index in [1.54, 1.807) is 6.92 Å². The molecule has 0 radical (unpaired) electrons. The van der Waals surface area contributed by atoms with Gasteiger partial charge in [-0.1, -0.05) is 27.4 Å². The van der Waals surface area contributed by atoms with Crippen LogP contribution in [0, 0.1) is 17.3 Å². The molecule has 1 fully saturated rings. The van der Waals surface area contributed by atoms with Crippen LogP contribution in [0.15, 0.2) is 12.2 Å². The zero-order valence-corrected chi connectivity index (χ0v) is 12.7. The van der Waals surface area contributed by atoms with Crippen LogP contribution < -0.4 is 5.32 Å². The molecular formula is C16H29NO. The summed E-state index contributed by atoms with van der Waals surface area (Å²) in [7, 11) is 0. The maximum Gasteiger partial charge on any atom is 0.246 e. The molecule has 0 aromatic heterocycles. The second-order valence-electron chi connectivity index (χ2n) is 7.02. The number of carbonyl (C=O) groups excluding carboxylic acids is 1. The minimum Gasteiger partial charge on any atom is -0.350 e. The summed E-state index contributed by atoms with van der Waals surface area (Å²) >= 11 is 0. The molecule has 1 saturated carbocycles. The van der Waals surface area contributed by atoms with Gasteiger partial charge in [-0.05, 0) is 56.8 Å². The molecule has 1 aliphatic rings. The Labute approximate surface area is 112 Å². The molecule has 1 unspecified atom stereocenters. The van der Waals surface area contributed by atoms with Crippen molar-refractivity contribution in [3.63, 3.8) is 0 Å². The topological polar surface area (TPSA) is 29.1 Å². The van der Waals surface area contributed by atoms with Crippen molar-refractivity contribution >= 4 is 5.91 Å². The molecule has 2 heteroatoms. The van der Waals surface area contributed by atoms with Crippen LogP contribution in [-0.2, 0) is 4.79 Å². The summed E-state index contributed by atoms with van der Waals surface area (Å²) in [5, 5.41) is 3.06. The molecule has 104 valence electrons. The van der Waals surface area contributed by atoms with Gasteiger partial charge in [-0.15, -0.1) is 0 Å². The normalized spacial score (nSPS) is 26.5. The van der Waals surface area contributed by atoms with Gasteiger partial charge in [0.25, 0.3) is 0 Å². The van der Waals surface area contributed by atoms with Crippen molar-refractivity contribution in [1.82, 2.24) is 5.32 Å². The van der Waals surface area contributed by atoms with Gasteiger partial charge < -0.3 is 5.32 Å². The van der Waals surface area contributed by atoms with Crippen molar-refractivity contribution in [3.05, 3.63) is 12.2 Å². The van der Waals surface area contributed by atoms with Crippen molar-refractivity contribution in [2.45, 2.75) is 66.3 Å². The predicted octanol–water partition coefficient (Wildman–Crippen LogP) is 3.92. The quantitative estimate of drug-likeness (QED) is 0.757. The van der Waals surface area contributed by atoms with Crippen molar-refractivity contribution in [3.8, 4) is 0 Å². The molecule has 1 N–H and O–H groups in total. The standard InChI is InChI=1S/C16H29NO/c1-11(2)15(18)17-12(3)13-7-9-14(10-8-13)16(4,5)6/h12-14H,1,7-10H2,2-6H3,(H,17,18). The third kappa shape index (κ3) is 4.15. The number of carbonyl (C=O) groups is 1. The van der Waals surface area contributed by atoms with E-state index < -0.39 is 0 Å². The largest absolute Gasteiger partial charge is 0.350 e. The number of hydrogen-bond acceptors (Lipinski definition) is 1. The van der Waals surface area contributed by atoms with E-state index in [1.165, 1.54) is 25.7 Å². The molecular weight excluding hydrogens is 222 g/mol. The maximum atomic E-state index is 11.6. The van der Waals surface area contributed by atoms with Crippen molar-refractivity contribution < 1.29 is 4.79 Å². The van der Waals surface area contributed by atoms with Gasteiger partial charge in [-0.2, -0.15) is 0 Å². The van der Waals surface area contributed by atoms with Gasteiger partial charge in [-0.25, -0.2) is 0 Å². The molecule has 2 nitrogen and oxygen atoms in total. The van der Waals surface area contributed by atoms with E-state index in [1.807, 2.05) is 0 Å². The van der Waals surface area contributed by atoms with E-state index in [0.717, 1.165) is 5.92 Å². The van der Waals surface area contributed by atoms with Gasteiger partial charge in [0.15, 0.2) is 0 Å². The third-order valence-electron chi connectivity index (χ3n) is 4.45. The van der Waals surface area contributed by atoms with Crippen LogP contribution in [0.4, 0.5) is 0 Å². The molecule has 18 heavy (non-hydrogen) atoms. The third-order valence-corrected chi connectivity index (χ3v) is 4.45. The van der Waals surface area contributed by atoms with Crippen LogP contribution in [0.25, 0.3) is 0 Å². The fraction of sp³-hybridized carbons (Fsp3) is 0.812. The lowest BCUT2D eigenvalue weighted by atomic mass is 9.68. The molecule has 0 heterocycles. The first-order valence-corrected chi connectivity index (χ1v) is 7.18. The second-order valence-corrected chi connectivity index (χ2v) is 7.02. The van der Waals surface area contributed by atoms with Crippen molar-refractivity contribution in [2.24, 2.45) is 17.3 Å². The second kappa shape index (κ2) is 5.90. The fourth-order valence-electron chi connectivity index (χ4n) is 2.93. The summed E-state index contributed by atoms with van der Waals surface area (Å²) in [4.78, 5) is 11.6. The maximum absolute atomic E-state index is 11.6. The van der Waals surface area contributed by atoms with Gasteiger partial charge >= 0.3 is 0 Å². The Morgan fingerprint density at radius 3 is 2.11 bits per heavy atom. The molecule has 1 rings (SSSR count). The molecule has 0 bridgehead atoms. The Hall–Kier alpha value is -0.790. The highest BCUT2D eigenvalue weighted by Gasteiger charge is 2.31. The number of amides is 1. The van der Waals surface area contributed by atoms with E-state index in [9.17, 15) is 4.79 Å². The van der Waals surface area contributed by atoms with Crippen molar-refractivity contribution in [2.75, 3.05) is 0 Å². The zero-order valence-electron chi connectivity index (χ0n) is 12.7. The first-order chi connectivity index (χ1) is 8.21. The summed E-state index contributed by atoms with van der Waals surface area (Å²) in [5.41, 5.74) is 1.03. The SMILES string of the molecule is C=C(C)C(=O)NC(C)C1CCC(C(C)(C)C)CC1. The van der Waals surface area contributed by atoms with Crippen LogP contribution in [0.5, 0.6) is 0 Å². The first kappa shape index (κ1) is 15.3.